The maximum Gasteiger partial charge on any atom is 0.490 e. The molecule has 1 aliphatic carbocycles. The minimum Gasteiger partial charge on any atom is -0.475 e. The van der Waals surface area contributed by atoms with Gasteiger partial charge >= 0.3 is 12.1 Å². The molecule has 1 fully saturated rings. The summed E-state index contributed by atoms with van der Waals surface area (Å²) < 4.78 is 31.7. The van der Waals surface area contributed by atoms with Crippen LogP contribution in [0.4, 0.5) is 13.2 Å². The number of nitrogens with zero attached hydrogens (tertiary/aromatic N) is 1. The summed E-state index contributed by atoms with van der Waals surface area (Å²) in [5.74, 6) is -2.22. The molecule has 33 heavy (non-hydrogen) atoms. The molecule has 4 rings (SSSR count). The van der Waals surface area contributed by atoms with Crippen LogP contribution in [0.2, 0.25) is 0 Å². The molecular formula is C24H29F3N2O3S. The molecule has 1 aromatic carbocycles. The van der Waals surface area contributed by atoms with Crippen molar-refractivity contribution in [2.75, 3.05) is 20.1 Å². The van der Waals surface area contributed by atoms with Crippen molar-refractivity contribution in [1.82, 2.24) is 10.2 Å². The number of halogens is 3. The molecule has 5 nitrogen and oxygen atoms in total. The van der Waals surface area contributed by atoms with Crippen LogP contribution in [0, 0.1) is 6.92 Å². The molecule has 0 radical (unpaired) electrons. The van der Waals surface area contributed by atoms with Crippen molar-refractivity contribution in [1.29, 1.82) is 0 Å². The van der Waals surface area contributed by atoms with E-state index in [0.717, 1.165) is 26.1 Å². The van der Waals surface area contributed by atoms with E-state index in [1.165, 1.54) is 33.7 Å². The molecule has 9 heteroatoms. The van der Waals surface area contributed by atoms with Gasteiger partial charge in [0.1, 0.15) is 0 Å². The first-order valence-corrected chi connectivity index (χ1v) is 11.7. The molecule has 2 aliphatic rings. The van der Waals surface area contributed by atoms with Gasteiger partial charge in [-0.15, -0.1) is 11.3 Å². The number of carboxylic acids is 1. The highest BCUT2D eigenvalue weighted by atomic mass is 32.1. The third-order valence-electron chi connectivity index (χ3n) is 6.55. The predicted octanol–water partition coefficient (Wildman–Crippen LogP) is 4.85. The molecule has 2 heterocycles. The Kier molecular flexibility index (Phi) is 7.84. The third-order valence-corrected chi connectivity index (χ3v) is 7.54. The first-order chi connectivity index (χ1) is 15.5. The molecule has 0 saturated carbocycles. The molecule has 1 amide bonds. The SMILES string of the molecule is CNC(=O)CC1CC2(CCN(Cc3ccc(C)s3)CC2)c2ccccc21.O=C(O)C(F)(F)F. The van der Waals surface area contributed by atoms with E-state index in [-0.39, 0.29) is 11.3 Å². The number of hydrogen-bond donors (Lipinski definition) is 2. The Morgan fingerprint density at radius 3 is 2.36 bits per heavy atom. The van der Waals surface area contributed by atoms with Crippen LogP contribution in [0.1, 0.15) is 52.5 Å². The summed E-state index contributed by atoms with van der Waals surface area (Å²) in [7, 11) is 1.74. The average Bonchev–Trinajstić information content (AvgIpc) is 3.31. The van der Waals surface area contributed by atoms with E-state index in [1.54, 1.807) is 7.05 Å². The van der Waals surface area contributed by atoms with Gasteiger partial charge in [0.05, 0.1) is 0 Å². The molecular weight excluding hydrogens is 453 g/mol. The van der Waals surface area contributed by atoms with Gasteiger partial charge in [0.15, 0.2) is 0 Å². The van der Waals surface area contributed by atoms with Gasteiger partial charge in [0.25, 0.3) is 0 Å². The van der Waals surface area contributed by atoms with Crippen LogP contribution in [-0.4, -0.2) is 48.2 Å². The number of amides is 1. The second-order valence-electron chi connectivity index (χ2n) is 8.74. The van der Waals surface area contributed by atoms with Crippen molar-refractivity contribution in [3.05, 3.63) is 57.3 Å². The lowest BCUT2D eigenvalue weighted by Gasteiger charge is -2.40. The van der Waals surface area contributed by atoms with E-state index in [0.29, 0.717) is 12.3 Å². The maximum atomic E-state index is 12.0. The molecule has 1 atom stereocenters. The van der Waals surface area contributed by atoms with E-state index >= 15 is 0 Å². The minimum atomic E-state index is -5.08. The Hall–Kier alpha value is -2.39. The number of carboxylic acid groups (broad SMARTS) is 1. The number of alkyl halides is 3. The number of rotatable bonds is 4. The Balaban J connectivity index is 0.000000383. The molecule has 2 aromatic rings. The van der Waals surface area contributed by atoms with Gasteiger partial charge in [-0.25, -0.2) is 4.79 Å². The summed E-state index contributed by atoms with van der Waals surface area (Å²) in [6.45, 7) is 5.56. The maximum absolute atomic E-state index is 12.0. The molecule has 180 valence electrons. The summed E-state index contributed by atoms with van der Waals surface area (Å²) in [5.41, 5.74) is 3.20. The normalized spacial score (nSPS) is 19.5. The number of fused-ring (bicyclic) bond motifs is 2. The topological polar surface area (TPSA) is 69.6 Å². The van der Waals surface area contributed by atoms with E-state index in [9.17, 15) is 18.0 Å². The van der Waals surface area contributed by atoms with Crippen molar-refractivity contribution in [2.24, 2.45) is 0 Å². The first kappa shape index (κ1) is 25.2. The average molecular weight is 483 g/mol. The number of carbonyl (C=O) groups is 2. The zero-order valence-electron chi connectivity index (χ0n) is 18.7. The van der Waals surface area contributed by atoms with E-state index < -0.39 is 12.1 Å². The standard InChI is InChI=1S/C22H28N2OS.C2HF3O2/c1-16-7-8-18(26-16)15-24-11-9-22(10-12-24)14-17(13-21(25)23-2)19-5-3-4-6-20(19)22;3-2(4,5)1(6)7/h3-8,17H,9-15H2,1-2H3,(H,23,25);(H,6,7). The highest BCUT2D eigenvalue weighted by Crippen LogP contribution is 2.52. The number of nitrogens with one attached hydrogen (secondary N) is 1. The van der Waals surface area contributed by atoms with Crippen molar-refractivity contribution in [2.45, 2.75) is 56.7 Å². The van der Waals surface area contributed by atoms with Crippen LogP contribution in [-0.2, 0) is 21.5 Å². The summed E-state index contributed by atoms with van der Waals surface area (Å²) in [5, 5.41) is 9.93. The molecule has 1 spiro atoms. The number of carbonyl (C=O) groups excluding carboxylic acids is 1. The fourth-order valence-electron chi connectivity index (χ4n) is 4.94. The number of benzene rings is 1. The molecule has 0 bridgehead atoms. The van der Waals surface area contributed by atoms with E-state index in [2.05, 4.69) is 53.5 Å². The van der Waals surface area contributed by atoms with Crippen LogP contribution in [0.5, 0.6) is 0 Å². The van der Waals surface area contributed by atoms with Crippen molar-refractivity contribution in [3.8, 4) is 0 Å². The number of likely N-dealkylation sites (tertiary alicyclic amines) is 1. The van der Waals surface area contributed by atoms with Crippen LogP contribution in [0.25, 0.3) is 0 Å². The van der Waals surface area contributed by atoms with Gasteiger partial charge in [0.2, 0.25) is 5.91 Å². The van der Waals surface area contributed by atoms with Crippen LogP contribution in [0.3, 0.4) is 0 Å². The molecule has 1 saturated heterocycles. The van der Waals surface area contributed by atoms with E-state index in [4.69, 9.17) is 9.90 Å². The second kappa shape index (κ2) is 10.3. The smallest absolute Gasteiger partial charge is 0.475 e. The fourth-order valence-corrected chi connectivity index (χ4v) is 5.87. The third kappa shape index (κ3) is 6.14. The van der Waals surface area contributed by atoms with Crippen molar-refractivity contribution >= 4 is 23.2 Å². The highest BCUT2D eigenvalue weighted by molar-refractivity contribution is 7.11. The highest BCUT2D eigenvalue weighted by Gasteiger charge is 2.45. The molecule has 1 aliphatic heterocycles. The zero-order chi connectivity index (χ0) is 24.2. The number of aliphatic carboxylic acids is 1. The van der Waals surface area contributed by atoms with Gasteiger partial charge in [-0.1, -0.05) is 24.3 Å². The van der Waals surface area contributed by atoms with Crippen molar-refractivity contribution < 1.29 is 27.9 Å². The lowest BCUT2D eigenvalue weighted by molar-refractivity contribution is -0.192. The molecule has 1 aromatic heterocycles. The van der Waals surface area contributed by atoms with Crippen LogP contribution < -0.4 is 5.32 Å². The van der Waals surface area contributed by atoms with Gasteiger partial charge in [-0.3, -0.25) is 9.69 Å². The summed E-state index contributed by atoms with van der Waals surface area (Å²) in [6.07, 6.45) is -0.920. The monoisotopic (exact) mass is 482 g/mol. The zero-order valence-corrected chi connectivity index (χ0v) is 19.6. The lowest BCUT2D eigenvalue weighted by Crippen LogP contribution is -2.41. The van der Waals surface area contributed by atoms with Gasteiger partial charge in [0, 0.05) is 29.8 Å². The van der Waals surface area contributed by atoms with Gasteiger partial charge in [-0.05, 0) is 73.9 Å². The number of aryl methyl sites for hydroxylation is 1. The number of hydrogen-bond acceptors (Lipinski definition) is 4. The Morgan fingerprint density at radius 1 is 1.18 bits per heavy atom. The summed E-state index contributed by atoms with van der Waals surface area (Å²) in [6, 6.07) is 13.4. The van der Waals surface area contributed by atoms with Crippen LogP contribution >= 0.6 is 11.3 Å². The summed E-state index contributed by atoms with van der Waals surface area (Å²) >= 11 is 1.92. The van der Waals surface area contributed by atoms with Gasteiger partial charge < -0.3 is 10.4 Å². The van der Waals surface area contributed by atoms with Crippen LogP contribution in [0.15, 0.2) is 36.4 Å². The van der Waals surface area contributed by atoms with Crippen molar-refractivity contribution in [3.63, 3.8) is 0 Å². The lowest BCUT2D eigenvalue weighted by atomic mass is 9.73. The number of thiophene rings is 1. The largest absolute Gasteiger partial charge is 0.490 e. The minimum absolute atomic E-state index is 0.160. The molecule has 2 N–H and O–H groups in total. The Bertz CT molecular complexity index is 981. The predicted molar refractivity (Wildman–Crippen MR) is 121 cm³/mol. The Morgan fingerprint density at radius 2 is 1.82 bits per heavy atom. The second-order valence-corrected chi connectivity index (χ2v) is 10.1. The van der Waals surface area contributed by atoms with Gasteiger partial charge in [-0.2, -0.15) is 13.2 Å². The summed E-state index contributed by atoms with van der Waals surface area (Å²) in [4.78, 5) is 26.4. The molecule has 1 unspecified atom stereocenters. The number of piperidine rings is 1. The van der Waals surface area contributed by atoms with E-state index in [1.807, 2.05) is 11.3 Å². The first-order valence-electron chi connectivity index (χ1n) is 10.9. The fraction of sp³-hybridized carbons (Fsp3) is 0.500. The Labute approximate surface area is 195 Å². The quantitative estimate of drug-likeness (QED) is 0.654.